The lowest BCUT2D eigenvalue weighted by atomic mass is 9.80. The molecule has 0 bridgehead atoms. The molecule has 0 aliphatic heterocycles. The second-order valence-electron chi connectivity index (χ2n) is 6.16. The number of benzene rings is 1. The van der Waals surface area contributed by atoms with Gasteiger partial charge in [0.25, 0.3) is 0 Å². The lowest BCUT2D eigenvalue weighted by Crippen LogP contribution is -2.35. The minimum atomic E-state index is -1.63. The molecule has 0 atom stereocenters. The van der Waals surface area contributed by atoms with Crippen LogP contribution >= 0.6 is 0 Å². The molecule has 0 aromatic heterocycles. The van der Waals surface area contributed by atoms with E-state index in [0.717, 1.165) is 19.6 Å². The molecule has 118 valence electrons. The number of rotatable bonds is 8. The molecule has 6 heteroatoms. The van der Waals surface area contributed by atoms with Crippen molar-refractivity contribution in [3.8, 4) is 0 Å². The lowest BCUT2D eigenvalue weighted by molar-refractivity contribution is 0.209. The zero-order chi connectivity index (χ0) is 16.0. The number of nitrogens with zero attached hydrogens (tertiary/aromatic N) is 2. The van der Waals surface area contributed by atoms with Crippen LogP contribution in [-0.4, -0.2) is 60.7 Å². The first-order valence-corrected chi connectivity index (χ1v) is 7.31. The van der Waals surface area contributed by atoms with E-state index in [1.54, 1.807) is 12.1 Å². The van der Waals surface area contributed by atoms with Gasteiger partial charge in [0.05, 0.1) is 0 Å². The maximum absolute atomic E-state index is 14.0. The van der Waals surface area contributed by atoms with Gasteiger partial charge in [-0.1, -0.05) is 26.0 Å². The van der Waals surface area contributed by atoms with Gasteiger partial charge in [-0.05, 0) is 31.5 Å². The molecule has 1 aromatic carbocycles. The van der Waals surface area contributed by atoms with Crippen molar-refractivity contribution in [1.82, 2.24) is 9.80 Å². The summed E-state index contributed by atoms with van der Waals surface area (Å²) in [5.41, 5.74) is 0.763. The molecule has 0 saturated heterocycles. The van der Waals surface area contributed by atoms with Crippen molar-refractivity contribution in [3.05, 3.63) is 29.6 Å². The summed E-state index contributed by atoms with van der Waals surface area (Å²) in [7, 11) is 2.41. The third-order valence-corrected chi connectivity index (χ3v) is 3.26. The molecule has 0 amide bonds. The van der Waals surface area contributed by atoms with E-state index in [9.17, 15) is 4.39 Å². The number of halogens is 1. The molecule has 0 spiro atoms. The molecule has 0 unspecified atom stereocenters. The van der Waals surface area contributed by atoms with Crippen molar-refractivity contribution in [2.45, 2.75) is 20.4 Å². The standard InChI is InChI=1S/C15H26BFN2O2/c1-12(2)10-19(8-7-18(3)4)11-13-5-6-14(16(20)21)9-15(13)17/h5-6,9,12,20-21H,7-8,10-11H2,1-4H3. The van der Waals surface area contributed by atoms with E-state index in [1.165, 1.54) is 6.07 Å². The van der Waals surface area contributed by atoms with Crippen LogP contribution in [0.2, 0.25) is 0 Å². The smallest absolute Gasteiger partial charge is 0.423 e. The van der Waals surface area contributed by atoms with E-state index in [4.69, 9.17) is 10.0 Å². The molecule has 4 nitrogen and oxygen atoms in total. The van der Waals surface area contributed by atoms with Crippen molar-refractivity contribution in [2.75, 3.05) is 33.7 Å². The van der Waals surface area contributed by atoms with Gasteiger partial charge in [-0.25, -0.2) is 4.39 Å². The fourth-order valence-electron chi connectivity index (χ4n) is 2.19. The van der Waals surface area contributed by atoms with Crippen molar-refractivity contribution >= 4 is 12.6 Å². The summed E-state index contributed by atoms with van der Waals surface area (Å²) < 4.78 is 14.0. The predicted octanol–water partition coefficient (Wildman–Crippen LogP) is 0.525. The first kappa shape index (κ1) is 18.1. The average Bonchev–Trinajstić information content (AvgIpc) is 2.37. The Kier molecular flexibility index (Phi) is 7.32. The molecular weight excluding hydrogens is 270 g/mol. The Hall–Kier alpha value is -0.945. The van der Waals surface area contributed by atoms with Crippen molar-refractivity contribution in [3.63, 3.8) is 0 Å². The van der Waals surface area contributed by atoms with Crippen LogP contribution in [0.15, 0.2) is 18.2 Å². The fourth-order valence-corrected chi connectivity index (χ4v) is 2.19. The Morgan fingerprint density at radius 2 is 1.86 bits per heavy atom. The van der Waals surface area contributed by atoms with E-state index in [1.807, 2.05) is 14.1 Å². The highest BCUT2D eigenvalue weighted by Crippen LogP contribution is 2.11. The van der Waals surface area contributed by atoms with E-state index in [0.29, 0.717) is 18.0 Å². The van der Waals surface area contributed by atoms with Crippen molar-refractivity contribution in [1.29, 1.82) is 0 Å². The monoisotopic (exact) mass is 296 g/mol. The highest BCUT2D eigenvalue weighted by atomic mass is 19.1. The van der Waals surface area contributed by atoms with Gasteiger partial charge < -0.3 is 14.9 Å². The van der Waals surface area contributed by atoms with Gasteiger partial charge >= 0.3 is 7.12 Å². The molecule has 2 N–H and O–H groups in total. The molecule has 0 saturated carbocycles. The Balaban J connectivity index is 2.77. The van der Waals surface area contributed by atoms with Crippen LogP contribution in [0.4, 0.5) is 4.39 Å². The quantitative estimate of drug-likeness (QED) is 0.687. The SMILES string of the molecule is CC(C)CN(CCN(C)C)Cc1ccc(B(O)O)cc1F. The molecular formula is C15H26BFN2O2. The summed E-state index contributed by atoms with van der Waals surface area (Å²) in [6.07, 6.45) is 0. The zero-order valence-electron chi connectivity index (χ0n) is 13.4. The lowest BCUT2D eigenvalue weighted by Gasteiger charge is -2.26. The number of hydrogen-bond donors (Lipinski definition) is 2. The summed E-state index contributed by atoms with van der Waals surface area (Å²) in [6, 6.07) is 4.38. The number of likely N-dealkylation sites (N-methyl/N-ethyl adjacent to an activating group) is 1. The van der Waals surface area contributed by atoms with Crippen LogP contribution in [0.1, 0.15) is 19.4 Å². The largest absolute Gasteiger partial charge is 0.488 e. The minimum Gasteiger partial charge on any atom is -0.423 e. The average molecular weight is 296 g/mol. The first-order valence-electron chi connectivity index (χ1n) is 7.31. The zero-order valence-corrected chi connectivity index (χ0v) is 13.4. The van der Waals surface area contributed by atoms with Crippen molar-refractivity contribution in [2.24, 2.45) is 5.92 Å². The summed E-state index contributed by atoms with van der Waals surface area (Å²) in [5, 5.41) is 18.1. The maximum Gasteiger partial charge on any atom is 0.488 e. The molecule has 0 fully saturated rings. The fraction of sp³-hybridized carbons (Fsp3) is 0.600. The molecule has 0 aliphatic carbocycles. The van der Waals surface area contributed by atoms with Crippen LogP contribution in [0.3, 0.4) is 0 Å². The van der Waals surface area contributed by atoms with E-state index in [2.05, 4.69) is 23.6 Å². The van der Waals surface area contributed by atoms with Crippen molar-refractivity contribution < 1.29 is 14.4 Å². The van der Waals surface area contributed by atoms with Crippen LogP contribution in [0, 0.1) is 11.7 Å². The van der Waals surface area contributed by atoms with E-state index in [-0.39, 0.29) is 11.3 Å². The normalized spacial score (nSPS) is 11.7. The predicted molar refractivity (Wildman–Crippen MR) is 84.9 cm³/mol. The van der Waals surface area contributed by atoms with E-state index < -0.39 is 7.12 Å². The summed E-state index contributed by atoms with van der Waals surface area (Å²) in [5.74, 6) is 0.118. The topological polar surface area (TPSA) is 46.9 Å². The molecule has 0 aliphatic rings. The van der Waals surface area contributed by atoms with E-state index >= 15 is 0 Å². The third kappa shape index (κ3) is 6.57. The Labute approximate surface area is 127 Å². The Morgan fingerprint density at radius 3 is 2.33 bits per heavy atom. The van der Waals surface area contributed by atoms with Gasteiger partial charge in [-0.2, -0.15) is 0 Å². The van der Waals surface area contributed by atoms with Crippen LogP contribution in [0.25, 0.3) is 0 Å². The summed E-state index contributed by atoms with van der Waals surface area (Å²) >= 11 is 0. The van der Waals surface area contributed by atoms with Gasteiger partial charge in [0.15, 0.2) is 0 Å². The van der Waals surface area contributed by atoms with Crippen LogP contribution < -0.4 is 5.46 Å². The maximum atomic E-state index is 14.0. The Morgan fingerprint density at radius 1 is 1.19 bits per heavy atom. The van der Waals surface area contributed by atoms with Crippen LogP contribution in [0.5, 0.6) is 0 Å². The molecule has 0 radical (unpaired) electrons. The van der Waals surface area contributed by atoms with Gasteiger partial charge in [-0.3, -0.25) is 4.90 Å². The number of hydrogen-bond acceptors (Lipinski definition) is 4. The molecule has 1 rings (SSSR count). The molecule has 21 heavy (non-hydrogen) atoms. The summed E-state index contributed by atoms with van der Waals surface area (Å²) in [4.78, 5) is 4.33. The van der Waals surface area contributed by atoms with Gasteiger partial charge in [-0.15, -0.1) is 0 Å². The van der Waals surface area contributed by atoms with Gasteiger partial charge in [0.1, 0.15) is 5.82 Å². The van der Waals surface area contributed by atoms with Gasteiger partial charge in [0, 0.05) is 31.7 Å². The first-order chi connectivity index (χ1) is 9.79. The third-order valence-electron chi connectivity index (χ3n) is 3.26. The molecule has 1 aromatic rings. The minimum absolute atomic E-state index is 0.181. The highest BCUT2D eigenvalue weighted by molar-refractivity contribution is 6.58. The second-order valence-corrected chi connectivity index (χ2v) is 6.16. The van der Waals surface area contributed by atoms with Crippen LogP contribution in [-0.2, 0) is 6.54 Å². The summed E-state index contributed by atoms with van der Waals surface area (Å²) in [6.45, 7) is 7.50. The second kappa shape index (κ2) is 8.49. The Bertz CT molecular complexity index is 442. The molecule has 0 heterocycles. The van der Waals surface area contributed by atoms with Gasteiger partial charge in [0.2, 0.25) is 0 Å². The highest BCUT2D eigenvalue weighted by Gasteiger charge is 2.15.